The Bertz CT molecular complexity index is 1210. The smallest absolute Gasteiger partial charge is 0.431 e. The highest BCUT2D eigenvalue weighted by Gasteiger charge is 2.32. The quantitative estimate of drug-likeness (QED) is 0.568. The minimum Gasteiger partial charge on any atom is -0.497 e. The number of benzene rings is 2. The van der Waals surface area contributed by atoms with E-state index in [0.717, 1.165) is 27.0 Å². The number of H-pyrrole nitrogens is 1. The topological polar surface area (TPSA) is 71.2 Å². The minimum absolute atomic E-state index is 0.219. The monoisotopic (exact) mass is 446 g/mol. The lowest BCUT2D eigenvalue weighted by molar-refractivity contribution is -0.141. The Hall–Kier alpha value is -3.04. The number of ether oxygens (including phenoxy) is 1. The van der Waals surface area contributed by atoms with Gasteiger partial charge in [0.15, 0.2) is 5.78 Å². The normalized spacial score (nSPS) is 15.2. The largest absolute Gasteiger partial charge is 0.497 e. The molecule has 0 saturated carbocycles. The van der Waals surface area contributed by atoms with Crippen LogP contribution in [-0.2, 0) is 6.18 Å². The van der Waals surface area contributed by atoms with Crippen molar-refractivity contribution in [2.45, 2.75) is 22.0 Å². The van der Waals surface area contributed by atoms with E-state index < -0.39 is 23.2 Å². The van der Waals surface area contributed by atoms with Crippen LogP contribution in [0.5, 0.6) is 5.75 Å². The molecule has 3 aromatic rings. The number of halogens is 3. The summed E-state index contributed by atoms with van der Waals surface area (Å²) >= 11 is 1.59. The van der Waals surface area contributed by atoms with Crippen LogP contribution in [-0.4, -0.2) is 24.4 Å². The number of aromatic nitrogens is 1. The van der Waals surface area contributed by atoms with E-state index in [2.05, 4.69) is 5.32 Å². The molecule has 2 N–H and O–H groups in total. The Morgan fingerprint density at radius 1 is 1.10 bits per heavy atom. The summed E-state index contributed by atoms with van der Waals surface area (Å²) in [4.78, 5) is 28.3. The van der Waals surface area contributed by atoms with Crippen LogP contribution in [0.3, 0.4) is 0 Å². The summed E-state index contributed by atoms with van der Waals surface area (Å²) in [7, 11) is 1.58. The zero-order valence-electron chi connectivity index (χ0n) is 16.2. The first kappa shape index (κ1) is 21.2. The standard InChI is InChI=1S/C22H17F3N2O3S/c1-30-12-6-7-15-18(10-12)31-17-5-3-2-4-14(17)20(15)26-11-16(28)13-8-9-19(22(23,24)25)27-21(13)29/h2-10,20,26H,11H2,1H3,(H,27,29). The van der Waals surface area contributed by atoms with Crippen LogP contribution in [0.2, 0.25) is 0 Å². The molecule has 1 atom stereocenters. The van der Waals surface area contributed by atoms with Crippen molar-refractivity contribution in [3.63, 3.8) is 0 Å². The average Bonchev–Trinajstić information content (AvgIpc) is 2.75. The molecule has 0 spiro atoms. The second-order valence-electron chi connectivity index (χ2n) is 6.89. The molecule has 1 unspecified atom stereocenters. The zero-order chi connectivity index (χ0) is 22.2. The molecule has 31 heavy (non-hydrogen) atoms. The summed E-state index contributed by atoms with van der Waals surface area (Å²) in [6, 6.07) is 14.7. The van der Waals surface area contributed by atoms with Crippen LogP contribution in [0, 0.1) is 0 Å². The zero-order valence-corrected chi connectivity index (χ0v) is 17.1. The van der Waals surface area contributed by atoms with Crippen molar-refractivity contribution in [3.05, 3.63) is 87.3 Å². The highest BCUT2D eigenvalue weighted by molar-refractivity contribution is 7.99. The number of pyridine rings is 1. The van der Waals surface area contributed by atoms with Gasteiger partial charge < -0.3 is 9.72 Å². The molecule has 1 aliphatic heterocycles. The van der Waals surface area contributed by atoms with Gasteiger partial charge in [0.1, 0.15) is 11.4 Å². The number of fused-ring (bicyclic) bond motifs is 2. The molecule has 0 saturated heterocycles. The molecule has 1 aliphatic rings. The summed E-state index contributed by atoms with van der Waals surface area (Å²) in [5, 5.41) is 3.16. The number of alkyl halides is 3. The Morgan fingerprint density at radius 3 is 2.55 bits per heavy atom. The Morgan fingerprint density at radius 2 is 1.84 bits per heavy atom. The van der Waals surface area contributed by atoms with Gasteiger partial charge in [0.25, 0.3) is 5.56 Å². The number of rotatable bonds is 5. The third-order valence-corrected chi connectivity index (χ3v) is 6.13. The van der Waals surface area contributed by atoms with Crippen LogP contribution < -0.4 is 15.6 Å². The first-order chi connectivity index (χ1) is 14.8. The van der Waals surface area contributed by atoms with Gasteiger partial charge in [0.05, 0.1) is 25.3 Å². The minimum atomic E-state index is -4.69. The van der Waals surface area contributed by atoms with Crippen LogP contribution in [0.15, 0.2) is 69.2 Å². The molecule has 0 amide bonds. The number of hydrogen-bond donors (Lipinski definition) is 2. The van der Waals surface area contributed by atoms with Gasteiger partial charge in [-0.25, -0.2) is 0 Å². The lowest BCUT2D eigenvalue weighted by Crippen LogP contribution is -2.33. The molecule has 1 aromatic heterocycles. The average molecular weight is 446 g/mol. The molecule has 0 fully saturated rings. The molecule has 4 rings (SSSR count). The van der Waals surface area contributed by atoms with Crippen LogP contribution in [0.4, 0.5) is 13.2 Å². The highest BCUT2D eigenvalue weighted by atomic mass is 32.2. The molecule has 0 bridgehead atoms. The number of aromatic amines is 1. The van der Waals surface area contributed by atoms with Crippen molar-refractivity contribution in [1.29, 1.82) is 0 Å². The summed E-state index contributed by atoms with van der Waals surface area (Å²) in [6.45, 7) is -0.219. The molecule has 160 valence electrons. The van der Waals surface area contributed by atoms with Crippen molar-refractivity contribution in [2.24, 2.45) is 0 Å². The molecular weight excluding hydrogens is 429 g/mol. The fraction of sp³-hybridized carbons (Fsp3) is 0.182. The molecular formula is C22H17F3N2O3S. The number of methoxy groups -OCH3 is 1. The first-order valence-corrected chi connectivity index (χ1v) is 10.1. The number of hydrogen-bond acceptors (Lipinski definition) is 5. The Balaban J connectivity index is 1.60. The van der Waals surface area contributed by atoms with Crippen LogP contribution >= 0.6 is 11.8 Å². The summed E-state index contributed by atoms with van der Waals surface area (Å²) in [6.07, 6.45) is -4.69. The van der Waals surface area contributed by atoms with Crippen LogP contribution in [0.25, 0.3) is 0 Å². The number of carbonyl (C=O) groups excluding carboxylic acids is 1. The third kappa shape index (κ3) is 4.24. The number of Topliss-reactive ketones (excluding diaryl/α,β-unsaturated/α-hetero) is 1. The van der Waals surface area contributed by atoms with Gasteiger partial charge in [0, 0.05) is 9.79 Å². The second-order valence-corrected chi connectivity index (χ2v) is 7.98. The Kier molecular flexibility index (Phi) is 5.63. The van der Waals surface area contributed by atoms with Crippen molar-refractivity contribution >= 4 is 17.5 Å². The summed E-state index contributed by atoms with van der Waals surface area (Å²) in [5.41, 5.74) is -0.665. The maximum atomic E-state index is 12.7. The van der Waals surface area contributed by atoms with Gasteiger partial charge in [-0.05, 0) is 41.5 Å². The third-order valence-electron chi connectivity index (χ3n) is 4.96. The fourth-order valence-electron chi connectivity index (χ4n) is 3.43. The highest BCUT2D eigenvalue weighted by Crippen LogP contribution is 2.45. The molecule has 2 aromatic carbocycles. The van der Waals surface area contributed by atoms with E-state index >= 15 is 0 Å². The van der Waals surface area contributed by atoms with Gasteiger partial charge in [-0.2, -0.15) is 13.2 Å². The van der Waals surface area contributed by atoms with Crippen LogP contribution in [0.1, 0.15) is 33.2 Å². The van der Waals surface area contributed by atoms with E-state index in [0.29, 0.717) is 11.8 Å². The van der Waals surface area contributed by atoms with Gasteiger partial charge in [0.2, 0.25) is 0 Å². The van der Waals surface area contributed by atoms with Gasteiger partial charge >= 0.3 is 6.18 Å². The van der Waals surface area contributed by atoms with E-state index in [9.17, 15) is 22.8 Å². The van der Waals surface area contributed by atoms with Crippen molar-refractivity contribution in [2.75, 3.05) is 13.7 Å². The van der Waals surface area contributed by atoms with E-state index in [4.69, 9.17) is 4.74 Å². The van der Waals surface area contributed by atoms with E-state index in [1.165, 1.54) is 0 Å². The second kappa shape index (κ2) is 8.24. The fourth-order valence-corrected chi connectivity index (χ4v) is 4.60. The number of nitrogens with one attached hydrogen (secondary N) is 2. The van der Waals surface area contributed by atoms with E-state index in [1.807, 2.05) is 42.5 Å². The lowest BCUT2D eigenvalue weighted by atomic mass is 9.97. The van der Waals surface area contributed by atoms with Gasteiger partial charge in [-0.1, -0.05) is 36.0 Å². The van der Waals surface area contributed by atoms with Crippen molar-refractivity contribution in [3.8, 4) is 5.75 Å². The predicted molar refractivity (Wildman–Crippen MR) is 110 cm³/mol. The molecule has 9 heteroatoms. The van der Waals surface area contributed by atoms with E-state index in [-0.39, 0.29) is 18.2 Å². The van der Waals surface area contributed by atoms with Crippen molar-refractivity contribution in [1.82, 2.24) is 10.3 Å². The number of carbonyl (C=O) groups is 1. The maximum absolute atomic E-state index is 12.7. The number of ketones is 1. The molecule has 0 aliphatic carbocycles. The summed E-state index contributed by atoms with van der Waals surface area (Å²) < 4.78 is 43.5. The molecule has 2 heterocycles. The first-order valence-electron chi connectivity index (χ1n) is 9.30. The maximum Gasteiger partial charge on any atom is 0.431 e. The lowest BCUT2D eigenvalue weighted by Gasteiger charge is -2.28. The predicted octanol–water partition coefficient (Wildman–Crippen LogP) is 4.43. The molecule has 5 nitrogen and oxygen atoms in total. The van der Waals surface area contributed by atoms with E-state index in [1.54, 1.807) is 23.9 Å². The summed E-state index contributed by atoms with van der Waals surface area (Å²) in [5.74, 6) is 0.109. The van der Waals surface area contributed by atoms with Gasteiger partial charge in [-0.15, -0.1) is 0 Å². The van der Waals surface area contributed by atoms with Crippen molar-refractivity contribution < 1.29 is 22.7 Å². The molecule has 0 radical (unpaired) electrons. The Labute approximate surface area is 179 Å². The van der Waals surface area contributed by atoms with Gasteiger partial charge in [-0.3, -0.25) is 14.9 Å². The SMILES string of the molecule is COc1ccc2c(c1)Sc1ccccc1C2NCC(=O)c1ccc(C(F)(F)F)[nH]c1=O.